The van der Waals surface area contributed by atoms with Crippen LogP contribution in [-0.4, -0.2) is 20.1 Å². The van der Waals surface area contributed by atoms with Gasteiger partial charge in [0.25, 0.3) is 10.0 Å². The van der Waals surface area contributed by atoms with E-state index in [0.717, 1.165) is 22.5 Å². The van der Waals surface area contributed by atoms with Crippen LogP contribution in [0.1, 0.15) is 26.3 Å². The molecule has 0 amide bonds. The van der Waals surface area contributed by atoms with Crippen molar-refractivity contribution in [3.63, 3.8) is 0 Å². The highest BCUT2D eigenvalue weighted by atomic mass is 35.5. The highest BCUT2D eigenvalue weighted by Gasteiger charge is 2.21. The SMILES string of the molecule is CCC(C)n1c(=O)sc2ccc(NS(=O)(=O)c3cc(Cl)ccc3OC)cc21. The van der Waals surface area contributed by atoms with Crippen LogP contribution in [0.5, 0.6) is 5.75 Å². The molecule has 2 aromatic carbocycles. The molecule has 9 heteroatoms. The molecule has 6 nitrogen and oxygen atoms in total. The van der Waals surface area contributed by atoms with Crippen molar-refractivity contribution < 1.29 is 13.2 Å². The first-order chi connectivity index (χ1) is 12.8. The fourth-order valence-corrected chi connectivity index (χ4v) is 5.21. The first-order valence-corrected chi connectivity index (χ1v) is 11.0. The minimum Gasteiger partial charge on any atom is -0.495 e. The summed E-state index contributed by atoms with van der Waals surface area (Å²) in [6.07, 6.45) is 0.793. The molecule has 0 aliphatic rings. The minimum atomic E-state index is -3.92. The molecular weight excluding hydrogens is 408 g/mol. The third kappa shape index (κ3) is 3.83. The number of hydrogen-bond acceptors (Lipinski definition) is 5. The zero-order chi connectivity index (χ0) is 19.8. The minimum absolute atomic E-state index is 0.0196. The molecule has 144 valence electrons. The van der Waals surface area contributed by atoms with E-state index >= 15 is 0 Å². The molecule has 1 aromatic heterocycles. The molecule has 1 atom stereocenters. The number of halogens is 1. The normalized spacial score (nSPS) is 12.9. The first-order valence-electron chi connectivity index (χ1n) is 8.28. The smallest absolute Gasteiger partial charge is 0.308 e. The molecule has 1 N–H and O–H groups in total. The topological polar surface area (TPSA) is 77.4 Å². The number of nitrogens with zero attached hydrogens (tertiary/aromatic N) is 1. The van der Waals surface area contributed by atoms with E-state index in [0.29, 0.717) is 11.2 Å². The molecule has 0 aliphatic heterocycles. The maximum absolute atomic E-state index is 12.8. The Balaban J connectivity index is 2.06. The van der Waals surface area contributed by atoms with E-state index in [4.69, 9.17) is 16.3 Å². The fraction of sp³-hybridized carbons (Fsp3) is 0.278. The Morgan fingerprint density at radius 1 is 1.26 bits per heavy atom. The van der Waals surface area contributed by atoms with Crippen LogP contribution in [0.15, 0.2) is 46.1 Å². The number of rotatable bonds is 6. The molecule has 3 rings (SSSR count). The number of ether oxygens (including phenoxy) is 1. The molecule has 0 spiro atoms. The van der Waals surface area contributed by atoms with Crippen molar-refractivity contribution in [2.75, 3.05) is 11.8 Å². The number of methoxy groups -OCH3 is 1. The summed E-state index contributed by atoms with van der Waals surface area (Å²) in [5.41, 5.74) is 1.07. The molecule has 3 aromatic rings. The Morgan fingerprint density at radius 3 is 2.67 bits per heavy atom. The first kappa shape index (κ1) is 19.7. The maximum atomic E-state index is 12.8. The van der Waals surface area contributed by atoms with Gasteiger partial charge < -0.3 is 4.74 Å². The van der Waals surface area contributed by atoms with Crippen LogP contribution in [0, 0.1) is 0 Å². The largest absolute Gasteiger partial charge is 0.495 e. The molecule has 0 fully saturated rings. The van der Waals surface area contributed by atoms with Crippen LogP contribution in [0.3, 0.4) is 0 Å². The van der Waals surface area contributed by atoms with E-state index in [1.807, 2.05) is 13.8 Å². The fourth-order valence-electron chi connectivity index (χ4n) is 2.77. The van der Waals surface area contributed by atoms with Gasteiger partial charge in [-0.2, -0.15) is 0 Å². The van der Waals surface area contributed by atoms with E-state index in [9.17, 15) is 13.2 Å². The highest BCUT2D eigenvalue weighted by Crippen LogP contribution is 2.30. The lowest BCUT2D eigenvalue weighted by atomic mass is 10.2. The summed E-state index contributed by atoms with van der Waals surface area (Å²) < 4.78 is 35.9. The monoisotopic (exact) mass is 426 g/mol. The van der Waals surface area contributed by atoms with E-state index in [-0.39, 0.29) is 26.6 Å². The van der Waals surface area contributed by atoms with Gasteiger partial charge in [-0.15, -0.1) is 0 Å². The van der Waals surface area contributed by atoms with Crippen molar-refractivity contribution in [3.8, 4) is 5.75 Å². The Bertz CT molecular complexity index is 1150. The van der Waals surface area contributed by atoms with Gasteiger partial charge >= 0.3 is 4.87 Å². The lowest BCUT2D eigenvalue weighted by Gasteiger charge is -2.14. The predicted molar refractivity (Wildman–Crippen MR) is 110 cm³/mol. The zero-order valence-corrected chi connectivity index (χ0v) is 17.4. The molecule has 0 saturated carbocycles. The molecular formula is C18H19ClN2O4S2. The number of hydrogen-bond donors (Lipinski definition) is 1. The summed E-state index contributed by atoms with van der Waals surface area (Å²) in [6.45, 7) is 3.96. The second kappa shape index (κ2) is 7.53. The van der Waals surface area contributed by atoms with E-state index < -0.39 is 10.0 Å². The maximum Gasteiger partial charge on any atom is 0.308 e. The molecule has 1 heterocycles. The van der Waals surface area contributed by atoms with Crippen molar-refractivity contribution in [1.29, 1.82) is 0 Å². The average molecular weight is 427 g/mol. The summed E-state index contributed by atoms with van der Waals surface area (Å²) in [5, 5.41) is 0.287. The van der Waals surface area contributed by atoms with Crippen LogP contribution >= 0.6 is 22.9 Å². The van der Waals surface area contributed by atoms with E-state index in [2.05, 4.69) is 4.72 Å². The second-order valence-electron chi connectivity index (χ2n) is 6.08. The molecule has 0 radical (unpaired) electrons. The van der Waals surface area contributed by atoms with Crippen LogP contribution < -0.4 is 14.3 Å². The Hall–Kier alpha value is -2.03. The van der Waals surface area contributed by atoms with E-state index in [1.54, 1.807) is 28.8 Å². The summed E-state index contributed by atoms with van der Waals surface area (Å²) in [5.74, 6) is 0.194. The van der Waals surface area contributed by atoms with Gasteiger partial charge in [0.05, 0.1) is 23.0 Å². The van der Waals surface area contributed by atoms with Crippen molar-refractivity contribution >= 4 is 48.9 Å². The van der Waals surface area contributed by atoms with E-state index in [1.165, 1.54) is 19.2 Å². The number of fused-ring (bicyclic) bond motifs is 1. The third-order valence-electron chi connectivity index (χ3n) is 4.31. The summed E-state index contributed by atoms with van der Waals surface area (Å²) in [4.78, 5) is 12.2. The van der Waals surface area contributed by atoms with Gasteiger partial charge in [-0.25, -0.2) is 8.42 Å². The summed E-state index contributed by atoms with van der Waals surface area (Å²) in [6, 6.07) is 9.46. The summed E-state index contributed by atoms with van der Waals surface area (Å²) >= 11 is 7.10. The quantitative estimate of drug-likeness (QED) is 0.629. The predicted octanol–water partition coefficient (Wildman–Crippen LogP) is 4.50. The number of nitrogens with one attached hydrogen (secondary N) is 1. The Kier molecular flexibility index (Phi) is 5.50. The van der Waals surface area contributed by atoms with Gasteiger partial charge in [0.2, 0.25) is 0 Å². The van der Waals surface area contributed by atoms with Gasteiger partial charge in [0, 0.05) is 11.1 Å². The molecule has 0 bridgehead atoms. The standard InChI is InChI=1S/C18H19ClN2O4S2/c1-4-11(2)21-14-10-13(6-8-16(14)26-18(21)22)20-27(23,24)17-9-12(19)5-7-15(17)25-3/h5-11,20H,4H2,1-3H3. The number of thiazole rings is 1. The van der Waals surface area contributed by atoms with Gasteiger partial charge in [-0.05, 0) is 49.7 Å². The molecule has 1 unspecified atom stereocenters. The number of aromatic nitrogens is 1. The number of anilines is 1. The lowest BCUT2D eigenvalue weighted by Crippen LogP contribution is -2.17. The van der Waals surface area contributed by atoms with Crippen molar-refractivity contribution in [1.82, 2.24) is 4.57 Å². The molecule has 0 saturated heterocycles. The van der Waals surface area contributed by atoms with Gasteiger partial charge in [0.1, 0.15) is 10.6 Å². The van der Waals surface area contributed by atoms with Crippen LogP contribution in [0.25, 0.3) is 10.2 Å². The van der Waals surface area contributed by atoms with Gasteiger partial charge in [-0.3, -0.25) is 14.1 Å². The van der Waals surface area contributed by atoms with Crippen molar-refractivity contribution in [2.24, 2.45) is 0 Å². The van der Waals surface area contributed by atoms with Crippen LogP contribution in [-0.2, 0) is 10.0 Å². The van der Waals surface area contributed by atoms with Gasteiger partial charge in [-0.1, -0.05) is 29.9 Å². The number of sulfonamides is 1. The van der Waals surface area contributed by atoms with Gasteiger partial charge in [0.15, 0.2) is 0 Å². The zero-order valence-electron chi connectivity index (χ0n) is 15.0. The Labute approximate surface area is 166 Å². The van der Waals surface area contributed by atoms with Crippen LogP contribution in [0.4, 0.5) is 5.69 Å². The Morgan fingerprint density at radius 2 is 2.00 bits per heavy atom. The van der Waals surface area contributed by atoms with Crippen molar-refractivity contribution in [3.05, 3.63) is 51.1 Å². The van der Waals surface area contributed by atoms with Crippen molar-refractivity contribution in [2.45, 2.75) is 31.2 Å². The highest BCUT2D eigenvalue weighted by molar-refractivity contribution is 7.92. The lowest BCUT2D eigenvalue weighted by molar-refractivity contribution is 0.403. The molecule has 27 heavy (non-hydrogen) atoms. The number of benzene rings is 2. The second-order valence-corrected chi connectivity index (χ2v) is 9.16. The third-order valence-corrected chi connectivity index (χ3v) is 6.89. The van der Waals surface area contributed by atoms with Crippen LogP contribution in [0.2, 0.25) is 5.02 Å². The summed E-state index contributed by atoms with van der Waals surface area (Å²) in [7, 11) is -2.53. The molecule has 0 aliphatic carbocycles. The average Bonchev–Trinajstić information content (AvgIpc) is 2.96.